The highest BCUT2D eigenvalue weighted by atomic mass is 32.1. The summed E-state index contributed by atoms with van der Waals surface area (Å²) in [5.74, 6) is 1.56. The minimum absolute atomic E-state index is 0.0213. The van der Waals surface area contributed by atoms with E-state index in [0.29, 0.717) is 6.61 Å². The van der Waals surface area contributed by atoms with Gasteiger partial charge >= 0.3 is 0 Å². The summed E-state index contributed by atoms with van der Waals surface area (Å²) in [6.07, 6.45) is 0.895. The third kappa shape index (κ3) is 3.49. The number of thiazole rings is 1. The SMILES string of the molecule is CCc1nc(COc2cccc(OC)c2)sc1C(C)N. The lowest BCUT2D eigenvalue weighted by molar-refractivity contribution is 0.303. The van der Waals surface area contributed by atoms with Crippen LogP contribution in [-0.4, -0.2) is 12.1 Å². The maximum atomic E-state index is 5.96. The van der Waals surface area contributed by atoms with Crippen molar-refractivity contribution in [2.24, 2.45) is 5.73 Å². The summed E-state index contributed by atoms with van der Waals surface area (Å²) in [5.41, 5.74) is 7.04. The highest BCUT2D eigenvalue weighted by molar-refractivity contribution is 7.11. The molecule has 1 aromatic heterocycles. The van der Waals surface area contributed by atoms with Crippen LogP contribution in [0.1, 0.15) is 35.5 Å². The van der Waals surface area contributed by atoms with Gasteiger partial charge in [-0.3, -0.25) is 0 Å². The van der Waals surface area contributed by atoms with Gasteiger partial charge in [0.2, 0.25) is 0 Å². The molecule has 2 N–H and O–H groups in total. The molecule has 1 unspecified atom stereocenters. The fraction of sp³-hybridized carbons (Fsp3) is 0.400. The minimum atomic E-state index is 0.0213. The van der Waals surface area contributed by atoms with Crippen LogP contribution in [0.2, 0.25) is 0 Å². The van der Waals surface area contributed by atoms with E-state index in [9.17, 15) is 0 Å². The first-order chi connectivity index (χ1) is 9.63. The quantitative estimate of drug-likeness (QED) is 0.887. The lowest BCUT2D eigenvalue weighted by Crippen LogP contribution is -2.05. The zero-order chi connectivity index (χ0) is 14.5. The van der Waals surface area contributed by atoms with Crippen LogP contribution in [0.3, 0.4) is 0 Å². The topological polar surface area (TPSA) is 57.4 Å². The van der Waals surface area contributed by atoms with Crippen LogP contribution in [0, 0.1) is 0 Å². The molecule has 0 aliphatic rings. The van der Waals surface area contributed by atoms with Gasteiger partial charge in [-0.25, -0.2) is 4.98 Å². The second-order valence-electron chi connectivity index (χ2n) is 4.53. The Balaban J connectivity index is 2.06. The number of hydrogen-bond acceptors (Lipinski definition) is 5. The van der Waals surface area contributed by atoms with Gasteiger partial charge in [0.15, 0.2) is 0 Å². The summed E-state index contributed by atoms with van der Waals surface area (Å²) in [7, 11) is 1.64. The van der Waals surface area contributed by atoms with E-state index in [1.807, 2.05) is 31.2 Å². The largest absolute Gasteiger partial charge is 0.497 e. The van der Waals surface area contributed by atoms with Gasteiger partial charge in [-0.15, -0.1) is 11.3 Å². The minimum Gasteiger partial charge on any atom is -0.497 e. The summed E-state index contributed by atoms with van der Waals surface area (Å²) in [6.45, 7) is 4.53. The van der Waals surface area contributed by atoms with Gasteiger partial charge in [-0.05, 0) is 25.5 Å². The molecule has 1 heterocycles. The molecular formula is C15H20N2O2S. The smallest absolute Gasteiger partial charge is 0.140 e. The van der Waals surface area contributed by atoms with Gasteiger partial charge in [0.25, 0.3) is 0 Å². The van der Waals surface area contributed by atoms with E-state index >= 15 is 0 Å². The van der Waals surface area contributed by atoms with Crippen LogP contribution in [0.25, 0.3) is 0 Å². The highest BCUT2D eigenvalue weighted by Crippen LogP contribution is 2.26. The van der Waals surface area contributed by atoms with Gasteiger partial charge in [0, 0.05) is 17.0 Å². The molecule has 0 saturated heterocycles. The third-order valence-corrected chi connectivity index (χ3v) is 4.20. The summed E-state index contributed by atoms with van der Waals surface area (Å²) < 4.78 is 10.9. The maximum absolute atomic E-state index is 5.96. The number of nitrogens with two attached hydrogens (primary N) is 1. The average molecular weight is 292 g/mol. The Morgan fingerprint density at radius 3 is 2.70 bits per heavy atom. The Hall–Kier alpha value is -1.59. The van der Waals surface area contributed by atoms with Crippen LogP contribution >= 0.6 is 11.3 Å². The van der Waals surface area contributed by atoms with Crippen LogP contribution < -0.4 is 15.2 Å². The number of benzene rings is 1. The molecule has 0 radical (unpaired) electrons. The first-order valence-electron chi connectivity index (χ1n) is 6.65. The first kappa shape index (κ1) is 14.8. The third-order valence-electron chi connectivity index (χ3n) is 2.92. The summed E-state index contributed by atoms with van der Waals surface area (Å²) in [6, 6.07) is 7.58. The van der Waals surface area contributed by atoms with Crippen LogP contribution in [0.4, 0.5) is 0 Å². The number of hydrogen-bond donors (Lipinski definition) is 1. The van der Waals surface area contributed by atoms with E-state index in [-0.39, 0.29) is 6.04 Å². The standard InChI is InChI=1S/C15H20N2O2S/c1-4-13-15(10(2)16)20-14(17-13)9-19-12-7-5-6-11(8-12)18-3/h5-8,10H,4,9,16H2,1-3H3. The summed E-state index contributed by atoms with van der Waals surface area (Å²) in [4.78, 5) is 5.74. The van der Waals surface area contributed by atoms with Crippen molar-refractivity contribution in [2.45, 2.75) is 32.9 Å². The second-order valence-corrected chi connectivity index (χ2v) is 5.64. The van der Waals surface area contributed by atoms with Gasteiger partial charge in [0.1, 0.15) is 23.1 Å². The predicted octanol–water partition coefficient (Wildman–Crippen LogP) is 3.31. The lowest BCUT2D eigenvalue weighted by Gasteiger charge is -2.05. The van der Waals surface area contributed by atoms with Crippen molar-refractivity contribution >= 4 is 11.3 Å². The monoisotopic (exact) mass is 292 g/mol. The van der Waals surface area contributed by atoms with E-state index in [1.54, 1.807) is 18.4 Å². The highest BCUT2D eigenvalue weighted by Gasteiger charge is 2.13. The van der Waals surface area contributed by atoms with Crippen molar-refractivity contribution in [3.8, 4) is 11.5 Å². The van der Waals surface area contributed by atoms with Gasteiger partial charge in [-0.2, -0.15) is 0 Å². The van der Waals surface area contributed by atoms with Gasteiger partial charge in [0.05, 0.1) is 12.8 Å². The first-order valence-corrected chi connectivity index (χ1v) is 7.46. The zero-order valence-corrected chi connectivity index (χ0v) is 12.9. The van der Waals surface area contributed by atoms with Crippen molar-refractivity contribution in [1.29, 1.82) is 0 Å². The predicted molar refractivity (Wildman–Crippen MR) is 81.4 cm³/mol. The molecule has 20 heavy (non-hydrogen) atoms. The maximum Gasteiger partial charge on any atom is 0.140 e. The van der Waals surface area contributed by atoms with Crippen molar-refractivity contribution in [3.05, 3.63) is 39.8 Å². The molecule has 5 heteroatoms. The second kappa shape index (κ2) is 6.72. The molecule has 0 amide bonds. The fourth-order valence-corrected chi connectivity index (χ4v) is 2.94. The van der Waals surface area contributed by atoms with Crippen molar-refractivity contribution in [3.63, 3.8) is 0 Å². The number of aryl methyl sites for hydroxylation is 1. The van der Waals surface area contributed by atoms with Crippen LogP contribution in [0.15, 0.2) is 24.3 Å². The molecule has 2 aromatic rings. The normalized spacial score (nSPS) is 12.2. The molecule has 1 aromatic carbocycles. The molecule has 108 valence electrons. The van der Waals surface area contributed by atoms with Crippen molar-refractivity contribution in [2.75, 3.05) is 7.11 Å². The summed E-state index contributed by atoms with van der Waals surface area (Å²) in [5, 5.41) is 0.956. The van der Waals surface area contributed by atoms with E-state index in [0.717, 1.165) is 33.5 Å². The Labute approximate surface area is 123 Å². The molecular weight excluding hydrogens is 272 g/mol. The van der Waals surface area contributed by atoms with Crippen molar-refractivity contribution < 1.29 is 9.47 Å². The van der Waals surface area contributed by atoms with Gasteiger partial charge in [-0.1, -0.05) is 13.0 Å². The molecule has 0 fully saturated rings. The molecule has 0 aliphatic carbocycles. The molecule has 2 rings (SSSR count). The Morgan fingerprint density at radius 1 is 1.35 bits per heavy atom. The van der Waals surface area contributed by atoms with E-state index in [2.05, 4.69) is 11.9 Å². The average Bonchev–Trinajstić information content (AvgIpc) is 2.89. The van der Waals surface area contributed by atoms with Gasteiger partial charge < -0.3 is 15.2 Å². The van der Waals surface area contributed by atoms with E-state index in [1.165, 1.54) is 0 Å². The van der Waals surface area contributed by atoms with Crippen molar-refractivity contribution in [1.82, 2.24) is 4.98 Å². The van der Waals surface area contributed by atoms with Crippen LogP contribution in [-0.2, 0) is 13.0 Å². The van der Waals surface area contributed by atoms with E-state index < -0.39 is 0 Å². The zero-order valence-electron chi connectivity index (χ0n) is 12.1. The molecule has 0 aliphatic heterocycles. The fourth-order valence-electron chi connectivity index (χ4n) is 1.92. The van der Waals surface area contributed by atoms with E-state index in [4.69, 9.17) is 15.2 Å². The molecule has 4 nitrogen and oxygen atoms in total. The number of rotatable bonds is 6. The molecule has 0 bridgehead atoms. The Bertz CT molecular complexity index is 567. The molecule has 0 spiro atoms. The Kier molecular flexibility index (Phi) is 4.98. The number of aromatic nitrogens is 1. The number of ether oxygens (including phenoxy) is 2. The molecule has 0 saturated carbocycles. The lowest BCUT2D eigenvalue weighted by atomic mass is 10.2. The molecule has 1 atom stereocenters. The Morgan fingerprint density at radius 2 is 2.10 bits per heavy atom. The number of methoxy groups -OCH3 is 1. The number of nitrogens with zero attached hydrogens (tertiary/aromatic N) is 1. The summed E-state index contributed by atoms with van der Waals surface area (Å²) >= 11 is 1.63. The van der Waals surface area contributed by atoms with Crippen LogP contribution in [0.5, 0.6) is 11.5 Å².